The lowest BCUT2D eigenvalue weighted by Gasteiger charge is -2.34. The van der Waals surface area contributed by atoms with Gasteiger partial charge in [-0.05, 0) is 68.5 Å². The predicted molar refractivity (Wildman–Crippen MR) is 150 cm³/mol. The molecule has 0 spiro atoms. The lowest BCUT2D eigenvalue weighted by Crippen LogP contribution is -2.42. The van der Waals surface area contributed by atoms with E-state index in [9.17, 15) is 36.2 Å². The van der Waals surface area contributed by atoms with Crippen molar-refractivity contribution in [2.45, 2.75) is 44.5 Å². The molecule has 1 aliphatic heterocycles. The van der Waals surface area contributed by atoms with Gasteiger partial charge in [0.25, 0.3) is 0 Å². The van der Waals surface area contributed by atoms with Gasteiger partial charge in [-0.2, -0.15) is 26.3 Å². The van der Waals surface area contributed by atoms with Gasteiger partial charge < -0.3 is 14.9 Å². The Labute approximate surface area is 244 Å². The minimum atomic E-state index is -5.05. The number of aliphatic hydroxyl groups excluding tert-OH is 1. The smallest absolute Gasteiger partial charge is 0.396 e. The number of rotatable bonds is 6. The molecule has 0 saturated carbocycles. The second-order valence-corrected chi connectivity index (χ2v) is 11.3. The standard InChI is InChI=1S/C30H30ClF6N3O2/c1-28(2,19-12-20(29(32,33)34)14-21(13-19)30(35,36)37)27(42)39(3)25-16-38-26(40-10-8-18(17-41)9-11-40)15-23(25)22-6-4-5-7-24(22)31/h4-7,12-16,18,41H,8-11,17H2,1-3H3. The van der Waals surface area contributed by atoms with Crippen molar-refractivity contribution in [3.05, 3.63) is 76.4 Å². The van der Waals surface area contributed by atoms with E-state index in [-0.39, 0.29) is 24.3 Å². The first kappa shape index (κ1) is 31.6. The van der Waals surface area contributed by atoms with Gasteiger partial charge in [0, 0.05) is 42.9 Å². The number of nitrogens with zero attached hydrogens (tertiary/aromatic N) is 3. The molecule has 0 atom stereocenters. The largest absolute Gasteiger partial charge is 0.416 e. The van der Waals surface area contributed by atoms with Gasteiger partial charge in [-0.3, -0.25) is 4.79 Å². The van der Waals surface area contributed by atoms with Gasteiger partial charge in [0.1, 0.15) is 5.82 Å². The number of pyridine rings is 1. The van der Waals surface area contributed by atoms with Crippen molar-refractivity contribution in [1.29, 1.82) is 0 Å². The molecule has 5 nitrogen and oxygen atoms in total. The van der Waals surface area contributed by atoms with Crippen LogP contribution < -0.4 is 9.80 Å². The highest BCUT2D eigenvalue weighted by molar-refractivity contribution is 6.33. The quantitative estimate of drug-likeness (QED) is 0.291. The van der Waals surface area contributed by atoms with Crippen molar-refractivity contribution in [3.63, 3.8) is 0 Å². The molecule has 1 amide bonds. The van der Waals surface area contributed by atoms with Crippen molar-refractivity contribution in [2.75, 3.05) is 36.5 Å². The van der Waals surface area contributed by atoms with Crippen LogP contribution in [0.4, 0.5) is 37.8 Å². The number of likely N-dealkylation sites (N-methyl/N-ethyl adjacent to an activating group) is 1. The Hall–Kier alpha value is -3.31. The summed E-state index contributed by atoms with van der Waals surface area (Å²) < 4.78 is 81.4. The van der Waals surface area contributed by atoms with Gasteiger partial charge >= 0.3 is 12.4 Å². The summed E-state index contributed by atoms with van der Waals surface area (Å²) in [5.74, 6) is 0.0580. The van der Waals surface area contributed by atoms with Gasteiger partial charge in [-0.1, -0.05) is 29.8 Å². The number of aliphatic hydroxyl groups is 1. The van der Waals surface area contributed by atoms with Crippen LogP contribution in [0, 0.1) is 5.92 Å². The molecule has 1 saturated heterocycles. The number of hydrogen-bond acceptors (Lipinski definition) is 4. The van der Waals surface area contributed by atoms with Crippen LogP contribution in [0.5, 0.6) is 0 Å². The third-order valence-electron chi connectivity index (χ3n) is 7.74. The van der Waals surface area contributed by atoms with Crippen molar-refractivity contribution in [1.82, 2.24) is 4.98 Å². The highest BCUT2D eigenvalue weighted by Crippen LogP contribution is 2.42. The Morgan fingerprint density at radius 3 is 2.02 bits per heavy atom. The fourth-order valence-corrected chi connectivity index (χ4v) is 5.32. The summed E-state index contributed by atoms with van der Waals surface area (Å²) in [5.41, 5.74) is -3.86. The van der Waals surface area contributed by atoms with Crippen LogP contribution in [-0.4, -0.2) is 42.7 Å². The van der Waals surface area contributed by atoms with Crippen molar-refractivity contribution < 1.29 is 36.2 Å². The number of aromatic nitrogens is 1. The summed E-state index contributed by atoms with van der Waals surface area (Å²) in [4.78, 5) is 21.7. The number of anilines is 2. The molecule has 3 aromatic rings. The molecule has 0 bridgehead atoms. The molecule has 1 fully saturated rings. The Morgan fingerprint density at radius 2 is 1.50 bits per heavy atom. The average Bonchev–Trinajstić information content (AvgIpc) is 2.95. The molecule has 226 valence electrons. The van der Waals surface area contributed by atoms with Crippen LogP contribution in [0.3, 0.4) is 0 Å². The topological polar surface area (TPSA) is 56.7 Å². The second kappa shape index (κ2) is 11.8. The average molecular weight is 614 g/mol. The zero-order valence-electron chi connectivity index (χ0n) is 23.2. The van der Waals surface area contributed by atoms with E-state index in [4.69, 9.17) is 11.6 Å². The van der Waals surface area contributed by atoms with E-state index >= 15 is 0 Å². The number of carbonyl (C=O) groups excluding carboxylic acids is 1. The monoisotopic (exact) mass is 613 g/mol. The minimum Gasteiger partial charge on any atom is -0.396 e. The Bertz CT molecular complexity index is 1420. The molecule has 1 N–H and O–H groups in total. The first-order valence-electron chi connectivity index (χ1n) is 13.2. The second-order valence-electron chi connectivity index (χ2n) is 10.9. The van der Waals surface area contributed by atoms with E-state index in [0.29, 0.717) is 47.2 Å². The number of amides is 1. The Balaban J connectivity index is 1.78. The summed E-state index contributed by atoms with van der Waals surface area (Å²) in [5, 5.41) is 9.86. The number of alkyl halides is 6. The lowest BCUT2D eigenvalue weighted by atomic mass is 9.81. The van der Waals surface area contributed by atoms with Crippen LogP contribution in [0.2, 0.25) is 5.02 Å². The SMILES string of the molecule is CN(C(=O)C(C)(C)c1cc(C(F)(F)F)cc(C(F)(F)F)c1)c1cnc(N2CCC(CO)CC2)cc1-c1ccccc1Cl. The summed E-state index contributed by atoms with van der Waals surface area (Å²) >= 11 is 6.52. The molecular weight excluding hydrogens is 584 g/mol. The minimum absolute atomic E-state index is 0.0370. The summed E-state index contributed by atoms with van der Waals surface area (Å²) in [6.07, 6.45) is -7.11. The molecule has 2 heterocycles. The molecule has 0 unspecified atom stereocenters. The van der Waals surface area contributed by atoms with E-state index < -0.39 is 40.4 Å². The number of hydrogen-bond donors (Lipinski definition) is 1. The Kier molecular flexibility index (Phi) is 8.85. The predicted octanol–water partition coefficient (Wildman–Crippen LogP) is 7.59. The first-order chi connectivity index (χ1) is 19.5. The zero-order valence-corrected chi connectivity index (χ0v) is 23.9. The molecule has 0 radical (unpaired) electrons. The normalized spacial score (nSPS) is 15.2. The molecule has 4 rings (SSSR count). The van der Waals surface area contributed by atoms with Crippen LogP contribution in [-0.2, 0) is 22.6 Å². The molecule has 1 aromatic heterocycles. The molecule has 42 heavy (non-hydrogen) atoms. The van der Waals surface area contributed by atoms with Crippen LogP contribution in [0.1, 0.15) is 43.4 Å². The van der Waals surface area contributed by atoms with E-state index in [1.54, 1.807) is 30.3 Å². The number of halogens is 7. The van der Waals surface area contributed by atoms with E-state index in [1.807, 2.05) is 4.90 Å². The fraction of sp³-hybridized carbons (Fsp3) is 0.400. The van der Waals surface area contributed by atoms with Gasteiger partial charge in [0.15, 0.2) is 0 Å². The van der Waals surface area contributed by atoms with Crippen LogP contribution in [0.25, 0.3) is 11.1 Å². The maximum absolute atomic E-state index is 13.9. The van der Waals surface area contributed by atoms with Gasteiger partial charge in [-0.15, -0.1) is 0 Å². The molecule has 12 heteroatoms. The molecule has 0 aliphatic carbocycles. The number of carbonyl (C=O) groups is 1. The highest BCUT2D eigenvalue weighted by atomic mass is 35.5. The molecule has 2 aromatic carbocycles. The third-order valence-corrected chi connectivity index (χ3v) is 8.07. The van der Waals surface area contributed by atoms with Gasteiger partial charge in [0.05, 0.1) is 28.4 Å². The van der Waals surface area contributed by atoms with Crippen molar-refractivity contribution in [2.24, 2.45) is 5.92 Å². The first-order valence-corrected chi connectivity index (χ1v) is 13.6. The summed E-state index contributed by atoms with van der Waals surface area (Å²) in [6, 6.07) is 9.85. The van der Waals surface area contributed by atoms with E-state index in [2.05, 4.69) is 4.98 Å². The zero-order chi connectivity index (χ0) is 31.0. The fourth-order valence-electron chi connectivity index (χ4n) is 5.09. The van der Waals surface area contributed by atoms with Gasteiger partial charge in [0.2, 0.25) is 5.91 Å². The maximum Gasteiger partial charge on any atom is 0.416 e. The Morgan fingerprint density at radius 1 is 0.952 bits per heavy atom. The van der Waals surface area contributed by atoms with E-state index in [1.165, 1.54) is 32.0 Å². The lowest BCUT2D eigenvalue weighted by molar-refractivity contribution is -0.143. The van der Waals surface area contributed by atoms with Crippen molar-refractivity contribution >= 4 is 29.0 Å². The number of benzene rings is 2. The third kappa shape index (κ3) is 6.52. The summed E-state index contributed by atoms with van der Waals surface area (Å²) in [7, 11) is 1.39. The highest BCUT2D eigenvalue weighted by Gasteiger charge is 2.41. The molecule has 1 aliphatic rings. The van der Waals surface area contributed by atoms with Gasteiger partial charge in [-0.25, -0.2) is 4.98 Å². The summed E-state index contributed by atoms with van der Waals surface area (Å²) in [6.45, 7) is 3.97. The number of piperidine rings is 1. The van der Waals surface area contributed by atoms with E-state index in [0.717, 1.165) is 12.8 Å². The van der Waals surface area contributed by atoms with Crippen LogP contribution >= 0.6 is 11.6 Å². The maximum atomic E-state index is 13.9. The molecular formula is C30H30ClF6N3O2. The van der Waals surface area contributed by atoms with Crippen LogP contribution in [0.15, 0.2) is 54.7 Å². The van der Waals surface area contributed by atoms with Crippen molar-refractivity contribution in [3.8, 4) is 11.1 Å².